The molecule has 6 heterocycles. The third kappa shape index (κ3) is 6.08. The topological polar surface area (TPSA) is 87.6 Å². The van der Waals surface area contributed by atoms with Crippen molar-refractivity contribution < 1.29 is 27.1 Å². The molecular formula is C41H37F4N7O2. The van der Waals surface area contributed by atoms with Gasteiger partial charge in [-0.2, -0.15) is 9.97 Å². The van der Waals surface area contributed by atoms with Crippen LogP contribution in [-0.2, 0) is 4.79 Å². The van der Waals surface area contributed by atoms with Crippen molar-refractivity contribution in [2.45, 2.75) is 56.4 Å². The molecule has 3 saturated heterocycles. The van der Waals surface area contributed by atoms with Gasteiger partial charge in [-0.3, -0.25) is 19.7 Å². The molecule has 0 saturated carbocycles. The van der Waals surface area contributed by atoms with Crippen LogP contribution in [0.4, 0.5) is 23.4 Å². The maximum atomic E-state index is 17.0. The van der Waals surface area contributed by atoms with Crippen LogP contribution in [0, 0.1) is 24.0 Å². The molecule has 0 aliphatic carbocycles. The summed E-state index contributed by atoms with van der Waals surface area (Å²) in [5.41, 5.74) is -0.109. The van der Waals surface area contributed by atoms with E-state index >= 15 is 8.78 Å². The monoisotopic (exact) mass is 735 g/mol. The average molecular weight is 736 g/mol. The van der Waals surface area contributed by atoms with E-state index in [4.69, 9.17) is 16.1 Å². The predicted octanol–water partition coefficient (Wildman–Crippen LogP) is 6.89. The van der Waals surface area contributed by atoms with Gasteiger partial charge in [0.1, 0.15) is 35.6 Å². The van der Waals surface area contributed by atoms with E-state index in [1.807, 2.05) is 11.8 Å². The Morgan fingerprint density at radius 3 is 2.78 bits per heavy atom. The van der Waals surface area contributed by atoms with Gasteiger partial charge in [0.25, 0.3) is 5.91 Å². The fraction of sp³-hybridized carbons (Fsp3) is 0.341. The van der Waals surface area contributed by atoms with E-state index in [0.29, 0.717) is 35.9 Å². The highest BCUT2D eigenvalue weighted by molar-refractivity contribution is 6.02. The number of halogens is 4. The van der Waals surface area contributed by atoms with Crippen molar-refractivity contribution in [1.29, 1.82) is 0 Å². The Labute approximate surface area is 309 Å². The summed E-state index contributed by atoms with van der Waals surface area (Å²) in [7, 11) is 1.77. The number of pyridine rings is 2. The van der Waals surface area contributed by atoms with Crippen LogP contribution in [0.3, 0.4) is 0 Å². The van der Waals surface area contributed by atoms with Crippen molar-refractivity contribution in [3.05, 3.63) is 89.6 Å². The number of likely N-dealkylation sites (N-methyl/N-ethyl adjacent to an activating group) is 1. The number of alkyl halides is 1. The van der Waals surface area contributed by atoms with Crippen LogP contribution >= 0.6 is 0 Å². The SMILES string of the molecule is C#Cc1c(F)ccc2cccc(-c3ncc4c(N(C)[C@H]5CCN(C(=O)/C(F)=C/c6ccccn6)[C@H]5C)nc(OC[C@@]56CCCN5C[C@H](F)C6)nc4c3F)c12. The Morgan fingerprint density at radius 1 is 1.13 bits per heavy atom. The van der Waals surface area contributed by atoms with Crippen molar-refractivity contribution in [2.75, 3.05) is 38.2 Å². The van der Waals surface area contributed by atoms with Gasteiger partial charge < -0.3 is 14.5 Å². The number of terminal acetylenes is 1. The van der Waals surface area contributed by atoms with E-state index in [2.05, 4.69) is 25.8 Å². The number of aromatic nitrogens is 4. The quantitative estimate of drug-likeness (QED) is 0.0968. The van der Waals surface area contributed by atoms with E-state index in [9.17, 15) is 13.6 Å². The summed E-state index contributed by atoms with van der Waals surface area (Å²) in [6, 6.07) is 12.0. The number of anilines is 1. The number of carbonyl (C=O) groups is 1. The van der Waals surface area contributed by atoms with Crippen LogP contribution in [0.25, 0.3) is 39.0 Å². The lowest BCUT2D eigenvalue weighted by atomic mass is 9.95. The zero-order valence-electron chi connectivity index (χ0n) is 29.8. The maximum Gasteiger partial charge on any atom is 0.319 e. The molecule has 4 atom stereocenters. The number of nitrogens with zero attached hydrogens (tertiary/aromatic N) is 7. The minimum atomic E-state index is -0.976. The third-order valence-electron chi connectivity index (χ3n) is 11.2. The first-order chi connectivity index (χ1) is 26.1. The Bertz CT molecular complexity index is 2350. The molecule has 0 unspecified atom stereocenters. The Hall–Kier alpha value is -5.61. The van der Waals surface area contributed by atoms with Gasteiger partial charge in [0.2, 0.25) is 0 Å². The molecule has 3 aromatic heterocycles. The number of hydrogen-bond acceptors (Lipinski definition) is 8. The molecule has 3 fully saturated rings. The minimum Gasteiger partial charge on any atom is -0.461 e. The van der Waals surface area contributed by atoms with Gasteiger partial charge in [0, 0.05) is 62.0 Å². The van der Waals surface area contributed by atoms with Crippen molar-refractivity contribution in [3.63, 3.8) is 0 Å². The largest absolute Gasteiger partial charge is 0.461 e. The number of likely N-dealkylation sites (tertiary alicyclic amines) is 1. The van der Waals surface area contributed by atoms with Crippen molar-refractivity contribution >= 4 is 39.5 Å². The summed E-state index contributed by atoms with van der Waals surface area (Å²) in [5.74, 6) is -0.425. The summed E-state index contributed by atoms with van der Waals surface area (Å²) in [4.78, 5) is 36.6. The molecular weight excluding hydrogens is 698 g/mol. The standard InChI is InChI=1S/C41H37F4N7O2/c1-4-28-31(43)13-12-25-9-7-11-29(34(25)28)36-35(45)37-30(21-47-36)38(49-40(48-37)54-23-41-15-8-17-51(41)22-26(42)20-41)50(3)33-14-18-52(24(33)2)39(53)32(44)19-27-10-5-6-16-46-27/h1,5-7,9-13,16,19,21,24,26,33H,8,14-15,17-18,20,22-23H2,2-3H3/b32-19-/t24-,26+,33-,41-/m0/s1. The summed E-state index contributed by atoms with van der Waals surface area (Å²) in [5, 5.41) is 1.21. The van der Waals surface area contributed by atoms with Crippen LogP contribution in [0.5, 0.6) is 6.01 Å². The van der Waals surface area contributed by atoms with Gasteiger partial charge in [0.05, 0.1) is 28.2 Å². The van der Waals surface area contributed by atoms with E-state index in [1.54, 1.807) is 49.5 Å². The number of hydrogen-bond donors (Lipinski definition) is 0. The zero-order chi connectivity index (χ0) is 37.7. The molecule has 2 aromatic carbocycles. The Morgan fingerprint density at radius 2 is 1.98 bits per heavy atom. The number of fused-ring (bicyclic) bond motifs is 3. The molecule has 5 aromatic rings. The van der Waals surface area contributed by atoms with Crippen LogP contribution in [0.1, 0.15) is 43.9 Å². The molecule has 8 rings (SSSR count). The van der Waals surface area contributed by atoms with Crippen LogP contribution in [0.15, 0.2) is 66.8 Å². The van der Waals surface area contributed by atoms with Crippen molar-refractivity contribution in [2.24, 2.45) is 0 Å². The Kier molecular flexibility index (Phi) is 9.17. The molecule has 0 radical (unpaired) electrons. The molecule has 54 heavy (non-hydrogen) atoms. The highest BCUT2D eigenvalue weighted by Crippen LogP contribution is 2.41. The third-order valence-corrected chi connectivity index (χ3v) is 11.2. The molecule has 276 valence electrons. The van der Waals surface area contributed by atoms with Crippen molar-refractivity contribution in [3.8, 4) is 29.6 Å². The first-order valence-corrected chi connectivity index (χ1v) is 18.0. The molecule has 13 heteroatoms. The van der Waals surface area contributed by atoms with Gasteiger partial charge in [-0.15, -0.1) is 6.42 Å². The smallest absolute Gasteiger partial charge is 0.319 e. The minimum absolute atomic E-state index is 0.0136. The van der Waals surface area contributed by atoms with E-state index in [1.165, 1.54) is 23.4 Å². The second kappa shape index (κ2) is 14.0. The second-order valence-electron chi connectivity index (χ2n) is 14.3. The summed E-state index contributed by atoms with van der Waals surface area (Å²) < 4.78 is 68.0. The van der Waals surface area contributed by atoms with Gasteiger partial charge in [0.15, 0.2) is 11.6 Å². The molecule has 3 aliphatic heterocycles. The molecule has 0 N–H and O–H groups in total. The van der Waals surface area contributed by atoms with E-state index in [0.717, 1.165) is 25.5 Å². The number of ether oxygens (including phenoxy) is 1. The average Bonchev–Trinajstić information content (AvgIpc) is 3.85. The number of amides is 1. The highest BCUT2D eigenvalue weighted by Gasteiger charge is 2.49. The molecule has 1 amide bonds. The van der Waals surface area contributed by atoms with Crippen LogP contribution in [0.2, 0.25) is 0 Å². The van der Waals surface area contributed by atoms with Gasteiger partial charge in [-0.25, -0.2) is 17.6 Å². The molecule has 3 aliphatic rings. The number of carbonyl (C=O) groups excluding carboxylic acids is 1. The van der Waals surface area contributed by atoms with Gasteiger partial charge in [-0.1, -0.05) is 36.3 Å². The summed E-state index contributed by atoms with van der Waals surface area (Å²) in [6.45, 7) is 3.29. The molecule has 9 nitrogen and oxygen atoms in total. The van der Waals surface area contributed by atoms with E-state index < -0.39 is 41.1 Å². The first-order valence-electron chi connectivity index (χ1n) is 18.0. The lowest BCUT2D eigenvalue weighted by Gasteiger charge is -2.33. The fourth-order valence-corrected chi connectivity index (χ4v) is 8.56. The van der Waals surface area contributed by atoms with Gasteiger partial charge >= 0.3 is 6.01 Å². The summed E-state index contributed by atoms with van der Waals surface area (Å²) in [6.07, 6.45) is 11.3. The zero-order valence-corrected chi connectivity index (χ0v) is 29.8. The number of rotatable bonds is 8. The predicted molar refractivity (Wildman–Crippen MR) is 198 cm³/mol. The van der Waals surface area contributed by atoms with Crippen LogP contribution < -0.4 is 9.64 Å². The molecule has 0 spiro atoms. The lowest BCUT2D eigenvalue weighted by Crippen LogP contribution is -2.44. The lowest BCUT2D eigenvalue weighted by molar-refractivity contribution is -0.129. The van der Waals surface area contributed by atoms with Crippen LogP contribution in [-0.4, -0.2) is 92.7 Å². The van der Waals surface area contributed by atoms with E-state index in [-0.39, 0.29) is 58.7 Å². The summed E-state index contributed by atoms with van der Waals surface area (Å²) >= 11 is 0. The fourth-order valence-electron chi connectivity index (χ4n) is 8.56. The molecule has 0 bridgehead atoms. The van der Waals surface area contributed by atoms with Crippen molar-refractivity contribution in [1.82, 2.24) is 29.7 Å². The Balaban J connectivity index is 1.19. The maximum absolute atomic E-state index is 17.0. The second-order valence-corrected chi connectivity index (χ2v) is 14.3. The normalized spacial score (nSPS) is 22.9. The first kappa shape index (κ1) is 35.4. The van der Waals surface area contributed by atoms with Gasteiger partial charge in [-0.05, 0) is 56.3 Å². The number of benzene rings is 2. The highest BCUT2D eigenvalue weighted by atomic mass is 19.1.